The van der Waals surface area contributed by atoms with Gasteiger partial charge in [-0.15, -0.1) is 0 Å². The van der Waals surface area contributed by atoms with Crippen LogP contribution in [0.15, 0.2) is 0 Å². The van der Waals surface area contributed by atoms with E-state index < -0.39 is 0 Å². The van der Waals surface area contributed by atoms with Gasteiger partial charge in [0.1, 0.15) is 0 Å². The second kappa shape index (κ2) is 21.5. The number of hydrogen-bond acceptors (Lipinski definition) is 0. The molecule has 0 rings (SSSR count). The van der Waals surface area contributed by atoms with Crippen LogP contribution in [0.3, 0.4) is 0 Å². The predicted octanol–water partition coefficient (Wildman–Crippen LogP) is 5.13. The van der Waals surface area contributed by atoms with Crippen molar-refractivity contribution in [1.29, 1.82) is 0 Å². The van der Waals surface area contributed by atoms with E-state index in [1.807, 2.05) is 0 Å². The Kier molecular flexibility index (Phi) is 23.6. The molecule has 2 heteroatoms. The Morgan fingerprint density at radius 2 is 0.577 bits per heavy atom. The minimum atomic E-state index is 0. The molecule has 0 bridgehead atoms. The van der Waals surface area contributed by atoms with Crippen molar-refractivity contribution in [1.82, 2.24) is 0 Å². The molecule has 0 aromatic carbocycles. The maximum Gasteiger partial charge on any atom is 0.0786 e. The van der Waals surface area contributed by atoms with Gasteiger partial charge in [0.05, 0.1) is 26.2 Å². The third-order valence-corrected chi connectivity index (χ3v) is 5.94. The van der Waals surface area contributed by atoms with E-state index in [1.54, 1.807) is 0 Å². The van der Waals surface area contributed by atoms with Gasteiger partial charge in [-0.05, 0) is 51.4 Å². The lowest BCUT2D eigenvalue weighted by Gasteiger charge is -2.39. The molecule has 0 aromatic heterocycles. The minimum absolute atomic E-state index is 0. The van der Waals surface area contributed by atoms with Crippen LogP contribution in [0.5, 0.6) is 0 Å². The maximum absolute atomic E-state index is 2.35. The van der Waals surface area contributed by atoms with Crippen molar-refractivity contribution >= 4 is 0 Å². The summed E-state index contributed by atoms with van der Waals surface area (Å²) in [5, 5.41) is 0. The van der Waals surface area contributed by atoms with Crippen LogP contribution in [0.2, 0.25) is 0 Å². The molecule has 0 aliphatic carbocycles. The maximum atomic E-state index is 2.35. The lowest BCUT2D eigenvalue weighted by atomic mass is 10.1. The summed E-state index contributed by atoms with van der Waals surface area (Å²) in [5.74, 6) is 0. The van der Waals surface area contributed by atoms with Crippen LogP contribution in [0, 0.1) is 0 Å². The molecule has 1 nitrogen and oxygen atoms in total. The highest BCUT2D eigenvalue weighted by Gasteiger charge is 2.25. The molecule has 26 heavy (non-hydrogen) atoms. The highest BCUT2D eigenvalue weighted by Crippen LogP contribution is 2.19. The predicted molar refractivity (Wildman–Crippen MR) is 116 cm³/mol. The molecule has 0 aliphatic heterocycles. The monoisotopic (exact) mass is 389 g/mol. The zero-order chi connectivity index (χ0) is 18.6. The van der Waals surface area contributed by atoms with Gasteiger partial charge in [-0.25, -0.2) is 0 Å². The van der Waals surface area contributed by atoms with Crippen molar-refractivity contribution in [2.75, 3.05) is 26.2 Å². The number of nitrogens with zero attached hydrogens (tertiary/aromatic N) is 1. The second-order valence-electron chi connectivity index (χ2n) is 8.48. The van der Waals surface area contributed by atoms with Gasteiger partial charge in [0.2, 0.25) is 0 Å². The Morgan fingerprint density at radius 3 is 0.923 bits per heavy atom. The molecule has 0 aliphatic rings. The average molecular weight is 390 g/mol. The van der Waals surface area contributed by atoms with Crippen LogP contribution in [-0.2, 0) is 0 Å². The standard InChI is InChI=1S/C24H52N.ClH/c1-5-9-13-14-15-16-20-24-25(21-17-10-6-2,22-18-11-7-3)23-19-12-8-4;/h5-24H2,1-4H3;1H/q+1;/p-1. The third-order valence-electron chi connectivity index (χ3n) is 5.94. The average Bonchev–Trinajstić information content (AvgIpc) is 2.61. The lowest BCUT2D eigenvalue weighted by Crippen LogP contribution is -3.00. The van der Waals surface area contributed by atoms with Crippen molar-refractivity contribution in [3.05, 3.63) is 0 Å². The van der Waals surface area contributed by atoms with E-state index in [-0.39, 0.29) is 12.4 Å². The first-order valence-corrected chi connectivity index (χ1v) is 12.1. The van der Waals surface area contributed by atoms with Gasteiger partial charge in [-0.2, -0.15) is 0 Å². The van der Waals surface area contributed by atoms with E-state index in [0.717, 1.165) is 0 Å². The fraction of sp³-hybridized carbons (Fsp3) is 1.00. The van der Waals surface area contributed by atoms with Gasteiger partial charge < -0.3 is 16.9 Å². The van der Waals surface area contributed by atoms with E-state index in [0.29, 0.717) is 0 Å². The largest absolute Gasteiger partial charge is 1.00 e. The number of hydrogen-bond donors (Lipinski definition) is 0. The first kappa shape index (κ1) is 28.5. The van der Waals surface area contributed by atoms with Crippen molar-refractivity contribution < 1.29 is 16.9 Å². The van der Waals surface area contributed by atoms with Crippen LogP contribution < -0.4 is 12.4 Å². The molecule has 0 heterocycles. The van der Waals surface area contributed by atoms with E-state index in [9.17, 15) is 0 Å². The van der Waals surface area contributed by atoms with Gasteiger partial charge >= 0.3 is 0 Å². The molecular weight excluding hydrogens is 338 g/mol. The lowest BCUT2D eigenvalue weighted by molar-refractivity contribution is -0.929. The summed E-state index contributed by atoms with van der Waals surface area (Å²) in [6.45, 7) is 15.2. The van der Waals surface area contributed by atoms with Crippen LogP contribution >= 0.6 is 0 Å². The van der Waals surface area contributed by atoms with Gasteiger partial charge in [-0.3, -0.25) is 0 Å². The Bertz CT molecular complexity index is 228. The van der Waals surface area contributed by atoms with Crippen molar-refractivity contribution in [2.45, 2.75) is 130 Å². The fourth-order valence-corrected chi connectivity index (χ4v) is 4.17. The summed E-state index contributed by atoms with van der Waals surface area (Å²) in [4.78, 5) is 0. The van der Waals surface area contributed by atoms with Gasteiger partial charge in [0.15, 0.2) is 0 Å². The third kappa shape index (κ3) is 16.4. The van der Waals surface area contributed by atoms with E-state index >= 15 is 0 Å². The van der Waals surface area contributed by atoms with Gasteiger partial charge in [0, 0.05) is 0 Å². The molecule has 0 saturated carbocycles. The second-order valence-corrected chi connectivity index (χ2v) is 8.48. The Hall–Kier alpha value is 0.250. The Balaban J connectivity index is 0. The number of unbranched alkanes of at least 4 members (excludes halogenated alkanes) is 12. The molecular formula is C24H52ClN. The molecule has 0 spiro atoms. The van der Waals surface area contributed by atoms with Crippen LogP contribution in [0.1, 0.15) is 130 Å². The van der Waals surface area contributed by atoms with Crippen LogP contribution in [0.4, 0.5) is 0 Å². The number of rotatable bonds is 20. The highest BCUT2D eigenvalue weighted by molar-refractivity contribution is 4.53. The summed E-state index contributed by atoms with van der Waals surface area (Å²) in [6, 6.07) is 0. The normalized spacial score (nSPS) is 11.5. The first-order chi connectivity index (χ1) is 12.2. The topological polar surface area (TPSA) is 0 Å². The Morgan fingerprint density at radius 1 is 0.346 bits per heavy atom. The summed E-state index contributed by atoms with van der Waals surface area (Å²) in [7, 11) is 0. The number of quaternary nitrogens is 1. The Labute approximate surface area is 173 Å². The van der Waals surface area contributed by atoms with Gasteiger partial charge in [-0.1, -0.05) is 79.1 Å². The molecule has 160 valence electrons. The molecule has 0 radical (unpaired) electrons. The molecule has 0 aromatic rings. The fourth-order valence-electron chi connectivity index (χ4n) is 4.17. The van der Waals surface area contributed by atoms with Crippen LogP contribution in [0.25, 0.3) is 0 Å². The molecule has 0 amide bonds. The smallest absolute Gasteiger partial charge is 0.0786 e. The van der Waals surface area contributed by atoms with Crippen molar-refractivity contribution in [3.63, 3.8) is 0 Å². The quantitative estimate of drug-likeness (QED) is 0.200. The molecule has 0 saturated heterocycles. The zero-order valence-corrected chi connectivity index (χ0v) is 19.7. The summed E-state index contributed by atoms with van der Waals surface area (Å²) in [6.07, 6.45) is 22.9. The summed E-state index contributed by atoms with van der Waals surface area (Å²) >= 11 is 0. The summed E-state index contributed by atoms with van der Waals surface area (Å²) < 4.78 is 1.45. The van der Waals surface area contributed by atoms with Crippen molar-refractivity contribution in [3.8, 4) is 0 Å². The van der Waals surface area contributed by atoms with Gasteiger partial charge in [0.25, 0.3) is 0 Å². The minimum Gasteiger partial charge on any atom is -1.00 e. The summed E-state index contributed by atoms with van der Waals surface area (Å²) in [5.41, 5.74) is 0. The van der Waals surface area contributed by atoms with Crippen molar-refractivity contribution in [2.24, 2.45) is 0 Å². The van der Waals surface area contributed by atoms with E-state index in [1.165, 1.54) is 133 Å². The zero-order valence-electron chi connectivity index (χ0n) is 19.0. The highest BCUT2D eigenvalue weighted by atomic mass is 35.5. The molecule has 0 atom stereocenters. The molecule has 0 unspecified atom stereocenters. The van der Waals surface area contributed by atoms with E-state index in [2.05, 4.69) is 27.7 Å². The first-order valence-electron chi connectivity index (χ1n) is 12.1. The number of halogens is 1. The SMILES string of the molecule is CCCCCCCCC[N+](CCCCC)(CCCCC)CCCCC.[Cl-]. The molecule has 0 fully saturated rings. The van der Waals surface area contributed by atoms with Crippen LogP contribution in [-0.4, -0.2) is 30.7 Å². The van der Waals surface area contributed by atoms with E-state index in [4.69, 9.17) is 0 Å². The molecule has 0 N–H and O–H groups in total.